The third kappa shape index (κ3) is 2.74. The predicted molar refractivity (Wildman–Crippen MR) is 91.9 cm³/mol. The van der Waals surface area contributed by atoms with E-state index in [2.05, 4.69) is 4.74 Å². The van der Waals surface area contributed by atoms with Gasteiger partial charge in [0.15, 0.2) is 0 Å². The molecule has 0 aromatic heterocycles. The van der Waals surface area contributed by atoms with Gasteiger partial charge >= 0.3 is 5.97 Å². The zero-order chi connectivity index (χ0) is 15.8. The molecule has 4 saturated carbocycles. The highest BCUT2D eigenvalue weighted by Gasteiger charge is 2.70. The van der Waals surface area contributed by atoms with Gasteiger partial charge in [-0.1, -0.05) is 44.9 Å². The Morgan fingerprint density at radius 1 is 0.870 bits per heavy atom. The summed E-state index contributed by atoms with van der Waals surface area (Å²) >= 11 is 0. The summed E-state index contributed by atoms with van der Waals surface area (Å²) in [6.07, 6.45) is 16.2. The van der Waals surface area contributed by atoms with Crippen molar-refractivity contribution in [1.29, 1.82) is 0 Å². The van der Waals surface area contributed by atoms with E-state index in [1.54, 1.807) is 19.3 Å². The molecule has 4 aliphatic carbocycles. The minimum Gasteiger partial charge on any atom is -0.469 e. The number of ether oxygens (including phenoxy) is 1. The van der Waals surface area contributed by atoms with Gasteiger partial charge in [-0.2, -0.15) is 0 Å². The van der Waals surface area contributed by atoms with Crippen LogP contribution in [0.25, 0.3) is 0 Å². The van der Waals surface area contributed by atoms with Crippen LogP contribution in [0.5, 0.6) is 0 Å². The molecule has 2 heteroatoms. The van der Waals surface area contributed by atoms with Crippen molar-refractivity contribution in [3.8, 4) is 0 Å². The molecule has 4 aliphatic rings. The minimum absolute atomic E-state index is 0.0495. The molecule has 23 heavy (non-hydrogen) atoms. The summed E-state index contributed by atoms with van der Waals surface area (Å²) in [4.78, 5) is 11.1. The van der Waals surface area contributed by atoms with E-state index >= 15 is 0 Å². The molecule has 0 saturated heterocycles. The topological polar surface area (TPSA) is 26.3 Å². The molecule has 0 aromatic carbocycles. The highest BCUT2D eigenvalue weighted by Crippen LogP contribution is 2.76. The second-order valence-corrected chi connectivity index (χ2v) is 8.89. The molecule has 0 amide bonds. The lowest BCUT2D eigenvalue weighted by Crippen LogP contribution is -2.71. The monoisotopic (exact) mass is 318 g/mol. The quantitative estimate of drug-likeness (QED) is 0.454. The summed E-state index contributed by atoms with van der Waals surface area (Å²) in [5.41, 5.74) is 0. The van der Waals surface area contributed by atoms with E-state index in [9.17, 15) is 4.79 Å². The normalized spacial score (nSPS) is 43.1. The Morgan fingerprint density at radius 2 is 1.57 bits per heavy atom. The van der Waals surface area contributed by atoms with Crippen LogP contribution in [0.1, 0.15) is 77.0 Å². The van der Waals surface area contributed by atoms with Crippen molar-refractivity contribution in [2.24, 2.45) is 41.4 Å². The van der Waals surface area contributed by atoms with Crippen LogP contribution >= 0.6 is 0 Å². The van der Waals surface area contributed by atoms with Crippen molar-refractivity contribution in [1.82, 2.24) is 0 Å². The van der Waals surface area contributed by atoms with Crippen molar-refractivity contribution in [2.45, 2.75) is 77.0 Å². The van der Waals surface area contributed by atoms with Gasteiger partial charge in [0, 0.05) is 6.42 Å². The summed E-state index contributed by atoms with van der Waals surface area (Å²) in [6, 6.07) is 0. The summed E-state index contributed by atoms with van der Waals surface area (Å²) in [5, 5.41) is 0. The SMILES string of the molecule is COC(=O)CCCCCCCC1CC2C1C1C3CCCCC3C21. The van der Waals surface area contributed by atoms with Crippen molar-refractivity contribution in [2.75, 3.05) is 7.11 Å². The fraction of sp³-hybridized carbons (Fsp3) is 0.952. The molecular formula is C21H34O2. The molecule has 0 bridgehead atoms. The molecule has 4 rings (SSSR count). The number of carbonyl (C=O) groups excluding carboxylic acids is 1. The number of fused-ring (bicyclic) bond motifs is 7. The lowest BCUT2D eigenvalue weighted by Gasteiger charge is -2.76. The second kappa shape index (κ2) is 6.76. The summed E-state index contributed by atoms with van der Waals surface area (Å²) in [7, 11) is 1.48. The molecule has 0 aliphatic heterocycles. The van der Waals surface area contributed by atoms with Gasteiger partial charge in [-0.15, -0.1) is 0 Å². The van der Waals surface area contributed by atoms with E-state index in [-0.39, 0.29) is 5.97 Å². The van der Waals surface area contributed by atoms with Gasteiger partial charge in [-0.3, -0.25) is 4.79 Å². The van der Waals surface area contributed by atoms with Crippen LogP contribution in [0, 0.1) is 41.4 Å². The Hall–Kier alpha value is -0.530. The fourth-order valence-corrected chi connectivity index (χ4v) is 7.02. The van der Waals surface area contributed by atoms with E-state index in [4.69, 9.17) is 0 Å². The van der Waals surface area contributed by atoms with E-state index < -0.39 is 0 Å². The van der Waals surface area contributed by atoms with Crippen LogP contribution in [0.4, 0.5) is 0 Å². The highest BCUT2D eigenvalue weighted by atomic mass is 16.5. The maximum Gasteiger partial charge on any atom is 0.305 e. The van der Waals surface area contributed by atoms with Gasteiger partial charge in [0.1, 0.15) is 0 Å². The zero-order valence-electron chi connectivity index (χ0n) is 14.8. The first-order valence-electron chi connectivity index (χ1n) is 10.4. The average Bonchev–Trinajstić information content (AvgIpc) is 2.55. The van der Waals surface area contributed by atoms with Gasteiger partial charge in [0.2, 0.25) is 0 Å². The minimum atomic E-state index is -0.0495. The number of hydrogen-bond acceptors (Lipinski definition) is 2. The van der Waals surface area contributed by atoms with E-state index in [1.807, 2.05) is 0 Å². The Kier molecular flexibility index (Phi) is 4.70. The van der Waals surface area contributed by atoms with Gasteiger partial charge in [-0.05, 0) is 67.1 Å². The third-order valence-electron chi connectivity index (χ3n) is 8.04. The highest BCUT2D eigenvalue weighted by molar-refractivity contribution is 5.68. The first kappa shape index (κ1) is 16.0. The molecule has 0 aromatic rings. The molecule has 7 atom stereocenters. The lowest BCUT2D eigenvalue weighted by molar-refractivity contribution is -0.287. The molecule has 2 nitrogen and oxygen atoms in total. The molecule has 7 unspecified atom stereocenters. The predicted octanol–water partition coefficient (Wildman–Crippen LogP) is 5.21. The number of hydrogen-bond donors (Lipinski definition) is 0. The van der Waals surface area contributed by atoms with Crippen molar-refractivity contribution in [3.63, 3.8) is 0 Å². The largest absolute Gasteiger partial charge is 0.469 e. The third-order valence-corrected chi connectivity index (χ3v) is 8.04. The molecule has 4 fully saturated rings. The first-order valence-corrected chi connectivity index (χ1v) is 10.4. The van der Waals surface area contributed by atoms with Crippen LogP contribution in [0.2, 0.25) is 0 Å². The molecule has 130 valence electrons. The van der Waals surface area contributed by atoms with Crippen LogP contribution < -0.4 is 0 Å². The van der Waals surface area contributed by atoms with E-state index in [1.165, 1.54) is 81.6 Å². The second-order valence-electron chi connectivity index (χ2n) is 8.89. The summed E-state index contributed by atoms with van der Waals surface area (Å²) in [5.74, 6) is 8.10. The van der Waals surface area contributed by atoms with Crippen molar-refractivity contribution < 1.29 is 9.53 Å². The lowest BCUT2D eigenvalue weighted by atomic mass is 9.28. The van der Waals surface area contributed by atoms with Gasteiger partial charge in [0.05, 0.1) is 7.11 Å². The average molecular weight is 319 g/mol. The number of rotatable bonds is 8. The molecule has 0 N–H and O–H groups in total. The van der Waals surface area contributed by atoms with Gasteiger partial charge in [0.25, 0.3) is 0 Å². The Labute approximate surface area is 141 Å². The maximum atomic E-state index is 11.1. The Bertz CT molecular complexity index is 426. The Morgan fingerprint density at radius 3 is 2.35 bits per heavy atom. The molecular weight excluding hydrogens is 284 g/mol. The maximum absolute atomic E-state index is 11.1. The van der Waals surface area contributed by atoms with Crippen molar-refractivity contribution in [3.05, 3.63) is 0 Å². The first-order chi connectivity index (χ1) is 11.3. The summed E-state index contributed by atoms with van der Waals surface area (Å²) in [6.45, 7) is 0. The number of esters is 1. The summed E-state index contributed by atoms with van der Waals surface area (Å²) < 4.78 is 4.68. The molecule has 0 spiro atoms. The molecule has 0 heterocycles. The van der Waals surface area contributed by atoms with Crippen LogP contribution in [0.15, 0.2) is 0 Å². The number of methoxy groups -OCH3 is 1. The fourth-order valence-electron chi connectivity index (χ4n) is 7.02. The van der Waals surface area contributed by atoms with Gasteiger partial charge in [-0.25, -0.2) is 0 Å². The van der Waals surface area contributed by atoms with Crippen LogP contribution in [0.3, 0.4) is 0 Å². The molecule has 0 radical (unpaired) electrons. The Balaban J connectivity index is 1.08. The smallest absolute Gasteiger partial charge is 0.305 e. The van der Waals surface area contributed by atoms with E-state index in [0.717, 1.165) is 18.3 Å². The number of unbranched alkanes of at least 4 members (excludes halogenated alkanes) is 4. The van der Waals surface area contributed by atoms with Crippen LogP contribution in [-0.4, -0.2) is 13.1 Å². The van der Waals surface area contributed by atoms with Crippen molar-refractivity contribution >= 4 is 5.97 Å². The van der Waals surface area contributed by atoms with E-state index in [0.29, 0.717) is 6.42 Å². The number of carbonyl (C=O) groups is 1. The van der Waals surface area contributed by atoms with Gasteiger partial charge < -0.3 is 4.74 Å². The zero-order valence-corrected chi connectivity index (χ0v) is 14.8. The standard InChI is InChI=1S/C21H34O2/c1-23-18(22)12-6-4-2-3-5-9-14-13-17-19(14)21-16-11-8-7-10-15(16)20(17)21/h14-17,19-21H,2-13H2,1H3. The van der Waals surface area contributed by atoms with Crippen LogP contribution in [-0.2, 0) is 9.53 Å².